The molecule has 52 heavy (non-hydrogen) atoms. The molecular formula is C42H24B8N2. The molecule has 0 aliphatic carbocycles. The molecule has 16 radical (unpaired) electrons. The van der Waals surface area contributed by atoms with Crippen molar-refractivity contribution in [1.29, 1.82) is 0 Å². The van der Waals surface area contributed by atoms with Gasteiger partial charge in [-0.3, -0.25) is 0 Å². The van der Waals surface area contributed by atoms with Crippen molar-refractivity contribution < 1.29 is 0 Å². The minimum absolute atomic E-state index is 0.296. The zero-order valence-electron chi connectivity index (χ0n) is 28.4. The summed E-state index contributed by atoms with van der Waals surface area (Å²) in [7, 11) is 54.4. The molecule has 0 fully saturated rings. The number of benzene rings is 7. The molecule has 0 N–H and O–H groups in total. The Labute approximate surface area is 317 Å². The molecule has 0 saturated carbocycles. The fourth-order valence-electron chi connectivity index (χ4n) is 6.66. The molecule has 0 spiro atoms. The van der Waals surface area contributed by atoms with Crippen molar-refractivity contribution in [3.8, 4) is 22.3 Å². The fraction of sp³-hybridized carbons (Fsp3) is 0. The van der Waals surface area contributed by atoms with Gasteiger partial charge in [-0.05, 0) is 70.8 Å². The highest BCUT2D eigenvalue weighted by molar-refractivity contribution is 6.64. The second-order valence-electron chi connectivity index (χ2n) is 12.3. The Balaban J connectivity index is 1.31. The van der Waals surface area contributed by atoms with Crippen molar-refractivity contribution in [3.05, 3.63) is 146 Å². The molecule has 0 unspecified atom stereocenters. The van der Waals surface area contributed by atoms with Gasteiger partial charge in [0.2, 0.25) is 0 Å². The lowest BCUT2D eigenvalue weighted by Crippen LogP contribution is -2.46. The Hall–Kier alpha value is -5.34. The number of para-hydroxylation sites is 4. The first-order valence-electron chi connectivity index (χ1n) is 16.6. The van der Waals surface area contributed by atoms with Gasteiger partial charge >= 0.3 is 0 Å². The van der Waals surface area contributed by atoms with E-state index in [4.69, 9.17) is 62.8 Å². The summed E-state index contributed by atoms with van der Waals surface area (Å²) in [5.41, 5.74) is 9.18. The van der Waals surface area contributed by atoms with Gasteiger partial charge in [-0.15, -0.1) is 0 Å². The van der Waals surface area contributed by atoms with E-state index >= 15 is 0 Å². The summed E-state index contributed by atoms with van der Waals surface area (Å²) in [6.45, 7) is 0. The zero-order valence-corrected chi connectivity index (χ0v) is 28.4. The quantitative estimate of drug-likeness (QED) is 0.235. The zero-order chi connectivity index (χ0) is 36.5. The average molecular weight is 643 g/mol. The third-order valence-corrected chi connectivity index (χ3v) is 9.23. The summed E-state index contributed by atoms with van der Waals surface area (Å²) in [5.74, 6) is 0. The standard InChI is InChI=1S/C42H24B8N2/c43-33-31(34(44)38(48)41(37(33)47)51(27-13-5-1-6-14-27)28-15-7-2-8-16-28)25-21-23-26(24-22-25)32-35(45)39(49)42(40(50)36(32)46)52(29-17-9-3-10-18-29)30-19-11-4-12-20-30/h1-24H. The van der Waals surface area contributed by atoms with Gasteiger partial charge in [0.05, 0.1) is 0 Å². The molecule has 0 heterocycles. The van der Waals surface area contributed by atoms with Gasteiger partial charge in [0.15, 0.2) is 0 Å². The first kappa shape index (κ1) is 35.1. The van der Waals surface area contributed by atoms with Crippen LogP contribution in [0.3, 0.4) is 0 Å². The minimum atomic E-state index is 0.296. The van der Waals surface area contributed by atoms with Gasteiger partial charge in [-0.1, -0.05) is 141 Å². The molecule has 0 bridgehead atoms. The molecule has 10 heteroatoms. The molecule has 0 saturated heterocycles. The minimum Gasteiger partial charge on any atom is -0.312 e. The van der Waals surface area contributed by atoms with Crippen molar-refractivity contribution in [2.45, 2.75) is 0 Å². The van der Waals surface area contributed by atoms with Crippen LogP contribution in [0.15, 0.2) is 146 Å². The second-order valence-corrected chi connectivity index (χ2v) is 12.3. The third kappa shape index (κ3) is 6.26. The van der Waals surface area contributed by atoms with Crippen LogP contribution in [0.4, 0.5) is 34.1 Å². The van der Waals surface area contributed by atoms with Crippen molar-refractivity contribution in [2.24, 2.45) is 0 Å². The first-order chi connectivity index (χ1) is 25.2. The molecule has 0 aromatic heterocycles. The molecule has 0 atom stereocenters. The van der Waals surface area contributed by atoms with E-state index in [-0.39, 0.29) is 0 Å². The maximum absolute atomic E-state index is 6.82. The Morgan fingerprint density at radius 3 is 0.673 bits per heavy atom. The lowest BCUT2D eigenvalue weighted by Gasteiger charge is -2.33. The van der Waals surface area contributed by atoms with Crippen LogP contribution < -0.4 is 53.5 Å². The van der Waals surface area contributed by atoms with E-state index in [1.807, 2.05) is 155 Å². The Bertz CT molecular complexity index is 2070. The molecule has 226 valence electrons. The van der Waals surface area contributed by atoms with Crippen LogP contribution >= 0.6 is 0 Å². The van der Waals surface area contributed by atoms with E-state index in [1.54, 1.807) is 0 Å². The van der Waals surface area contributed by atoms with Crippen molar-refractivity contribution in [3.63, 3.8) is 0 Å². The average Bonchev–Trinajstić information content (AvgIpc) is 3.18. The van der Waals surface area contributed by atoms with Crippen LogP contribution in [0, 0.1) is 0 Å². The Kier molecular flexibility index (Phi) is 9.93. The van der Waals surface area contributed by atoms with Crippen LogP contribution in [0.5, 0.6) is 0 Å². The summed E-state index contributed by atoms with van der Waals surface area (Å²) < 4.78 is 0. The van der Waals surface area contributed by atoms with Gasteiger partial charge < -0.3 is 9.80 Å². The molecule has 7 rings (SSSR count). The van der Waals surface area contributed by atoms with Gasteiger partial charge in [-0.25, -0.2) is 0 Å². The van der Waals surface area contributed by atoms with E-state index in [1.165, 1.54) is 0 Å². The number of hydrogen-bond donors (Lipinski definition) is 0. The van der Waals surface area contributed by atoms with Crippen LogP contribution in [0.2, 0.25) is 0 Å². The Morgan fingerprint density at radius 2 is 0.462 bits per heavy atom. The number of nitrogens with zero attached hydrogens (tertiary/aromatic N) is 2. The summed E-state index contributed by atoms with van der Waals surface area (Å²) in [4.78, 5) is 3.90. The molecular weight excluding hydrogens is 619 g/mol. The summed E-state index contributed by atoms with van der Waals surface area (Å²) in [5, 5.41) is 0. The maximum Gasteiger partial charge on any atom is 0.115 e. The predicted molar refractivity (Wildman–Crippen MR) is 230 cm³/mol. The molecule has 7 aromatic rings. The van der Waals surface area contributed by atoms with Crippen LogP contribution in [0.25, 0.3) is 22.3 Å². The number of anilines is 6. The third-order valence-electron chi connectivity index (χ3n) is 9.23. The first-order valence-corrected chi connectivity index (χ1v) is 16.6. The monoisotopic (exact) mass is 644 g/mol. The highest BCUT2D eigenvalue weighted by Gasteiger charge is 2.23. The molecule has 0 aliphatic rings. The summed E-state index contributed by atoms with van der Waals surface area (Å²) in [6.07, 6.45) is 0. The van der Waals surface area contributed by atoms with E-state index < -0.39 is 0 Å². The van der Waals surface area contributed by atoms with Crippen molar-refractivity contribution in [2.75, 3.05) is 9.80 Å². The van der Waals surface area contributed by atoms with Gasteiger partial charge in [0, 0.05) is 34.1 Å². The van der Waals surface area contributed by atoms with E-state index in [0.29, 0.717) is 77.3 Å². The maximum atomic E-state index is 6.82. The smallest absolute Gasteiger partial charge is 0.115 e. The summed E-state index contributed by atoms with van der Waals surface area (Å²) >= 11 is 0. The number of hydrogen-bond acceptors (Lipinski definition) is 2. The van der Waals surface area contributed by atoms with Crippen molar-refractivity contribution >= 4 is 141 Å². The van der Waals surface area contributed by atoms with Crippen LogP contribution in [-0.2, 0) is 0 Å². The molecule has 7 aromatic carbocycles. The molecule has 0 aliphatic heterocycles. The van der Waals surface area contributed by atoms with Gasteiger partial charge in [0.25, 0.3) is 0 Å². The highest BCUT2D eigenvalue weighted by Crippen LogP contribution is 2.34. The lowest BCUT2D eigenvalue weighted by molar-refractivity contribution is 1.31. The van der Waals surface area contributed by atoms with Crippen LogP contribution in [-0.4, -0.2) is 62.8 Å². The normalized spacial score (nSPS) is 10.9. The van der Waals surface area contributed by atoms with E-state index in [2.05, 4.69) is 0 Å². The van der Waals surface area contributed by atoms with Gasteiger partial charge in [0.1, 0.15) is 62.8 Å². The Morgan fingerprint density at radius 1 is 0.250 bits per heavy atom. The number of rotatable bonds is 8. The van der Waals surface area contributed by atoms with E-state index in [0.717, 1.165) is 22.7 Å². The van der Waals surface area contributed by atoms with E-state index in [9.17, 15) is 0 Å². The van der Waals surface area contributed by atoms with Gasteiger partial charge in [-0.2, -0.15) is 0 Å². The molecule has 0 amide bonds. The largest absolute Gasteiger partial charge is 0.312 e. The highest BCUT2D eigenvalue weighted by atomic mass is 15.1. The topological polar surface area (TPSA) is 6.48 Å². The molecule has 2 nitrogen and oxygen atoms in total. The van der Waals surface area contributed by atoms with Crippen molar-refractivity contribution in [1.82, 2.24) is 0 Å². The summed E-state index contributed by atoms with van der Waals surface area (Å²) in [6, 6.07) is 46.5. The predicted octanol–water partition coefficient (Wildman–Crippen LogP) is 2.31. The fourth-order valence-corrected chi connectivity index (χ4v) is 6.66. The lowest BCUT2D eigenvalue weighted by atomic mass is 9.63. The SMILES string of the molecule is [B]c1c([B])c(N(c2ccccc2)c2ccccc2)c([B])c([B])c1-c1ccc(-c2c([B])c([B])c(N(c3ccccc3)c3ccccc3)c([B])c2[B])cc1. The second kappa shape index (κ2) is 14.7. The van der Waals surface area contributed by atoms with Crippen LogP contribution in [0.1, 0.15) is 0 Å².